The van der Waals surface area contributed by atoms with Crippen LogP contribution in [0.5, 0.6) is 0 Å². The Labute approximate surface area is 124 Å². The monoisotopic (exact) mass is 290 g/mol. The zero-order valence-electron chi connectivity index (χ0n) is 12.6. The molecule has 1 aromatic rings. The molecule has 2 atom stereocenters. The number of hydrogen-bond acceptors (Lipinski definition) is 3. The van der Waals surface area contributed by atoms with Gasteiger partial charge in [0, 0.05) is 38.3 Å². The number of nitrogens with zero attached hydrogens (tertiary/aromatic N) is 3. The first-order valence-corrected chi connectivity index (χ1v) is 7.69. The van der Waals surface area contributed by atoms with Gasteiger partial charge in [0.1, 0.15) is 5.69 Å². The van der Waals surface area contributed by atoms with Crippen LogP contribution in [0.25, 0.3) is 0 Å². The molecule has 21 heavy (non-hydrogen) atoms. The molecule has 0 spiro atoms. The van der Waals surface area contributed by atoms with E-state index in [9.17, 15) is 9.59 Å². The highest BCUT2D eigenvalue weighted by molar-refractivity contribution is 5.92. The molecule has 2 amide bonds. The molecule has 1 aromatic heterocycles. The molecule has 3 aliphatic heterocycles. The summed E-state index contributed by atoms with van der Waals surface area (Å²) in [6, 6.07) is 1.96. The number of rotatable bonds is 2. The van der Waals surface area contributed by atoms with E-state index in [4.69, 9.17) is 0 Å². The Hall–Kier alpha value is -1.85. The number of carbonyl (C=O) groups excluding carboxylic acids is 2. The van der Waals surface area contributed by atoms with Crippen molar-refractivity contribution < 1.29 is 9.59 Å². The Morgan fingerprint density at radius 2 is 2.14 bits per heavy atom. The summed E-state index contributed by atoms with van der Waals surface area (Å²) in [5.41, 5.74) is 1.47. The standard InChI is InChI=1S/C15H22N4O2/c1-3-12-6-14(17-16-12)15(21)19-8-11-4-5-13(19)9-18(7-11)10(2)20/h6,11,13H,3-5,7-9H2,1-2H3,(H,16,17)/t11-,13+/m1/s1. The predicted octanol–water partition coefficient (Wildman–Crippen LogP) is 1.05. The van der Waals surface area contributed by atoms with E-state index in [0.29, 0.717) is 18.2 Å². The number of hydrogen-bond donors (Lipinski definition) is 1. The number of H-pyrrole nitrogens is 1. The minimum Gasteiger partial charge on any atom is -0.341 e. The molecule has 0 aliphatic carbocycles. The second-order valence-electron chi connectivity index (χ2n) is 6.11. The fourth-order valence-corrected chi connectivity index (χ4v) is 3.39. The van der Waals surface area contributed by atoms with E-state index in [1.165, 1.54) is 0 Å². The van der Waals surface area contributed by atoms with Crippen LogP contribution in [0, 0.1) is 5.92 Å². The van der Waals surface area contributed by atoms with Crippen molar-refractivity contribution >= 4 is 11.8 Å². The molecule has 6 nitrogen and oxygen atoms in total. The van der Waals surface area contributed by atoms with Gasteiger partial charge < -0.3 is 9.80 Å². The summed E-state index contributed by atoms with van der Waals surface area (Å²) >= 11 is 0. The van der Waals surface area contributed by atoms with Crippen molar-refractivity contribution in [2.45, 2.75) is 39.2 Å². The van der Waals surface area contributed by atoms with Crippen molar-refractivity contribution in [2.24, 2.45) is 5.92 Å². The topological polar surface area (TPSA) is 69.3 Å². The normalized spacial score (nSPS) is 25.0. The van der Waals surface area contributed by atoms with Gasteiger partial charge in [0.15, 0.2) is 0 Å². The molecule has 4 rings (SSSR count). The quantitative estimate of drug-likeness (QED) is 0.885. The Morgan fingerprint density at radius 3 is 2.81 bits per heavy atom. The van der Waals surface area contributed by atoms with Crippen molar-refractivity contribution in [2.75, 3.05) is 19.6 Å². The van der Waals surface area contributed by atoms with E-state index in [1.54, 1.807) is 6.92 Å². The molecule has 0 aromatic carbocycles. The number of nitrogens with one attached hydrogen (secondary N) is 1. The van der Waals surface area contributed by atoms with E-state index in [1.807, 2.05) is 22.8 Å². The van der Waals surface area contributed by atoms with Gasteiger partial charge in [-0.15, -0.1) is 0 Å². The summed E-state index contributed by atoms with van der Waals surface area (Å²) in [5, 5.41) is 7.03. The van der Waals surface area contributed by atoms with Gasteiger partial charge >= 0.3 is 0 Å². The lowest BCUT2D eigenvalue weighted by Crippen LogP contribution is -2.47. The number of aromatic amines is 1. The van der Waals surface area contributed by atoms with Crippen LogP contribution in [0.2, 0.25) is 0 Å². The molecular formula is C15H22N4O2. The van der Waals surface area contributed by atoms with Crippen LogP contribution >= 0.6 is 0 Å². The Balaban J connectivity index is 1.79. The molecule has 0 radical (unpaired) electrons. The molecule has 2 bridgehead atoms. The second-order valence-corrected chi connectivity index (χ2v) is 6.11. The number of carbonyl (C=O) groups is 2. The van der Waals surface area contributed by atoms with Gasteiger partial charge in [-0.1, -0.05) is 6.92 Å². The van der Waals surface area contributed by atoms with Crippen molar-refractivity contribution in [3.05, 3.63) is 17.5 Å². The van der Waals surface area contributed by atoms with Gasteiger partial charge in [0.25, 0.3) is 5.91 Å². The van der Waals surface area contributed by atoms with Crippen molar-refractivity contribution in [1.29, 1.82) is 0 Å². The fourth-order valence-electron chi connectivity index (χ4n) is 3.39. The second kappa shape index (κ2) is 5.50. The Bertz CT molecular complexity index is 554. The lowest BCUT2D eigenvalue weighted by Gasteiger charge is -2.35. The zero-order chi connectivity index (χ0) is 15.0. The first kappa shape index (κ1) is 14.1. The minimum absolute atomic E-state index is 0.00829. The summed E-state index contributed by atoms with van der Waals surface area (Å²) in [7, 11) is 0. The number of fused-ring (bicyclic) bond motifs is 4. The first-order chi connectivity index (χ1) is 10.1. The zero-order valence-corrected chi connectivity index (χ0v) is 12.6. The molecule has 4 heterocycles. The maximum Gasteiger partial charge on any atom is 0.274 e. The highest BCUT2D eigenvalue weighted by atomic mass is 16.2. The summed E-state index contributed by atoms with van der Waals surface area (Å²) < 4.78 is 0. The third-order valence-electron chi connectivity index (χ3n) is 4.65. The average Bonchev–Trinajstić information content (AvgIpc) is 2.77. The number of aromatic nitrogens is 2. The molecule has 6 heteroatoms. The molecule has 3 fully saturated rings. The van der Waals surface area contributed by atoms with Crippen LogP contribution in [0.1, 0.15) is 42.9 Å². The van der Waals surface area contributed by atoms with Crippen LogP contribution in [0.15, 0.2) is 6.07 Å². The van der Waals surface area contributed by atoms with Gasteiger partial charge in [0.2, 0.25) is 5.91 Å². The minimum atomic E-state index is -0.00829. The van der Waals surface area contributed by atoms with Gasteiger partial charge in [0.05, 0.1) is 0 Å². The maximum atomic E-state index is 12.7. The highest BCUT2D eigenvalue weighted by Gasteiger charge is 2.38. The third-order valence-corrected chi connectivity index (χ3v) is 4.65. The molecule has 114 valence electrons. The molecule has 0 unspecified atom stereocenters. The summed E-state index contributed by atoms with van der Waals surface area (Å²) in [6.07, 6.45) is 2.91. The van der Waals surface area contributed by atoms with E-state index in [-0.39, 0.29) is 17.9 Å². The van der Waals surface area contributed by atoms with Crippen molar-refractivity contribution in [3.63, 3.8) is 0 Å². The fraction of sp³-hybridized carbons (Fsp3) is 0.667. The Kier molecular flexibility index (Phi) is 3.69. The van der Waals surface area contributed by atoms with Crippen LogP contribution < -0.4 is 0 Å². The van der Waals surface area contributed by atoms with Crippen LogP contribution in [-0.2, 0) is 11.2 Å². The third kappa shape index (κ3) is 2.66. The van der Waals surface area contributed by atoms with Crippen LogP contribution in [0.3, 0.4) is 0 Å². The molecular weight excluding hydrogens is 268 g/mol. The number of piperidine rings is 1. The molecule has 3 saturated heterocycles. The molecule has 3 aliphatic rings. The highest BCUT2D eigenvalue weighted by Crippen LogP contribution is 2.29. The van der Waals surface area contributed by atoms with E-state index in [0.717, 1.165) is 38.0 Å². The Morgan fingerprint density at radius 1 is 1.33 bits per heavy atom. The first-order valence-electron chi connectivity index (χ1n) is 7.69. The predicted molar refractivity (Wildman–Crippen MR) is 77.8 cm³/mol. The summed E-state index contributed by atoms with van der Waals surface area (Å²) in [4.78, 5) is 28.2. The average molecular weight is 290 g/mol. The van der Waals surface area contributed by atoms with Crippen LogP contribution in [-0.4, -0.2) is 57.5 Å². The van der Waals surface area contributed by atoms with Crippen molar-refractivity contribution in [1.82, 2.24) is 20.0 Å². The van der Waals surface area contributed by atoms with Gasteiger partial charge in [-0.05, 0) is 31.2 Å². The van der Waals surface area contributed by atoms with Gasteiger partial charge in [-0.25, -0.2) is 0 Å². The van der Waals surface area contributed by atoms with Crippen molar-refractivity contribution in [3.8, 4) is 0 Å². The van der Waals surface area contributed by atoms with E-state index < -0.39 is 0 Å². The lowest BCUT2D eigenvalue weighted by atomic mass is 9.94. The van der Waals surface area contributed by atoms with Gasteiger partial charge in [-0.2, -0.15) is 5.10 Å². The van der Waals surface area contributed by atoms with E-state index in [2.05, 4.69) is 10.2 Å². The number of amides is 2. The summed E-state index contributed by atoms with van der Waals surface area (Å²) in [5.74, 6) is 0.487. The summed E-state index contributed by atoms with van der Waals surface area (Å²) in [6.45, 7) is 5.80. The smallest absolute Gasteiger partial charge is 0.274 e. The largest absolute Gasteiger partial charge is 0.341 e. The molecule has 0 saturated carbocycles. The number of aryl methyl sites for hydroxylation is 1. The van der Waals surface area contributed by atoms with Gasteiger partial charge in [-0.3, -0.25) is 14.7 Å². The SMILES string of the molecule is CCc1cc(C(=O)N2C[C@@H]3CC[C@H]2CN(C(C)=O)C3)n[nH]1. The van der Waals surface area contributed by atoms with E-state index >= 15 is 0 Å². The molecule has 1 N–H and O–H groups in total. The lowest BCUT2D eigenvalue weighted by molar-refractivity contribution is -0.129. The maximum absolute atomic E-state index is 12.7. The van der Waals surface area contributed by atoms with Crippen LogP contribution in [0.4, 0.5) is 0 Å².